The molecule has 0 aliphatic carbocycles. The number of hydrogen-bond acceptors (Lipinski definition) is 4. The summed E-state index contributed by atoms with van der Waals surface area (Å²) >= 11 is 0. The first-order chi connectivity index (χ1) is 8.58. The van der Waals surface area contributed by atoms with E-state index in [0.29, 0.717) is 5.82 Å². The first kappa shape index (κ1) is 11.8. The standard InChI is InChI=1S/C11H10N4O3/c1-7-6-10(14-13-7)12-11(16)8-4-2-3-5-9(8)15(17)18/h2-6H,1H3,(H2,12,13,14,16). The van der Waals surface area contributed by atoms with Gasteiger partial charge in [-0.05, 0) is 13.0 Å². The van der Waals surface area contributed by atoms with Crippen molar-refractivity contribution < 1.29 is 9.72 Å². The van der Waals surface area contributed by atoms with Crippen molar-refractivity contribution in [2.24, 2.45) is 0 Å². The van der Waals surface area contributed by atoms with Gasteiger partial charge in [-0.1, -0.05) is 12.1 Å². The maximum Gasteiger partial charge on any atom is 0.282 e. The third-order valence-corrected chi connectivity index (χ3v) is 2.29. The molecule has 0 fully saturated rings. The number of hydrogen-bond donors (Lipinski definition) is 2. The molecule has 0 spiro atoms. The summed E-state index contributed by atoms with van der Waals surface area (Å²) in [5, 5.41) is 19.8. The quantitative estimate of drug-likeness (QED) is 0.637. The zero-order valence-electron chi connectivity index (χ0n) is 9.51. The van der Waals surface area contributed by atoms with E-state index in [1.54, 1.807) is 19.1 Å². The van der Waals surface area contributed by atoms with Gasteiger partial charge in [-0.2, -0.15) is 5.10 Å². The molecule has 1 amide bonds. The Morgan fingerprint density at radius 1 is 1.44 bits per heavy atom. The first-order valence-corrected chi connectivity index (χ1v) is 5.14. The smallest absolute Gasteiger partial charge is 0.282 e. The number of carbonyl (C=O) groups excluding carboxylic acids is 1. The number of carbonyl (C=O) groups is 1. The number of benzene rings is 1. The number of anilines is 1. The zero-order valence-corrected chi connectivity index (χ0v) is 9.51. The van der Waals surface area contributed by atoms with Crippen molar-refractivity contribution in [3.05, 3.63) is 51.7 Å². The second kappa shape index (κ2) is 4.66. The van der Waals surface area contributed by atoms with Crippen LogP contribution in [0.25, 0.3) is 0 Å². The van der Waals surface area contributed by atoms with Crippen molar-refractivity contribution in [2.45, 2.75) is 6.92 Å². The largest absolute Gasteiger partial charge is 0.305 e. The minimum atomic E-state index is -0.593. The minimum Gasteiger partial charge on any atom is -0.305 e. The van der Waals surface area contributed by atoms with Crippen molar-refractivity contribution in [3.8, 4) is 0 Å². The molecule has 2 N–H and O–H groups in total. The third-order valence-electron chi connectivity index (χ3n) is 2.29. The maximum atomic E-state index is 11.9. The van der Waals surface area contributed by atoms with E-state index in [9.17, 15) is 14.9 Å². The molecule has 0 bridgehead atoms. The number of nitro groups is 1. The average molecular weight is 246 g/mol. The molecule has 2 aromatic rings. The Labute approximate surface area is 102 Å². The van der Waals surface area contributed by atoms with Gasteiger partial charge in [0.05, 0.1) is 4.92 Å². The Morgan fingerprint density at radius 2 is 2.17 bits per heavy atom. The summed E-state index contributed by atoms with van der Waals surface area (Å²) in [5.74, 6) is -0.232. The molecule has 0 saturated carbocycles. The number of nitro benzene ring substituents is 1. The van der Waals surface area contributed by atoms with E-state index in [-0.39, 0.29) is 11.3 Å². The maximum absolute atomic E-state index is 11.9. The number of aryl methyl sites for hydroxylation is 1. The zero-order chi connectivity index (χ0) is 13.1. The molecule has 0 atom stereocenters. The second-order valence-electron chi connectivity index (χ2n) is 3.66. The summed E-state index contributed by atoms with van der Waals surface area (Å²) in [7, 11) is 0. The molecule has 7 heteroatoms. The van der Waals surface area contributed by atoms with Crippen LogP contribution in [0.3, 0.4) is 0 Å². The van der Waals surface area contributed by atoms with E-state index >= 15 is 0 Å². The van der Waals surface area contributed by atoms with Crippen molar-refractivity contribution in [1.29, 1.82) is 0 Å². The summed E-state index contributed by atoms with van der Waals surface area (Å²) in [6.07, 6.45) is 0. The van der Waals surface area contributed by atoms with Crippen LogP contribution in [0.2, 0.25) is 0 Å². The number of para-hydroxylation sites is 1. The molecule has 1 heterocycles. The van der Waals surface area contributed by atoms with E-state index in [4.69, 9.17) is 0 Å². The van der Waals surface area contributed by atoms with Crippen LogP contribution in [-0.2, 0) is 0 Å². The number of aromatic amines is 1. The molecular formula is C11H10N4O3. The highest BCUT2D eigenvalue weighted by atomic mass is 16.6. The van der Waals surface area contributed by atoms with Crippen molar-refractivity contribution >= 4 is 17.4 Å². The highest BCUT2D eigenvalue weighted by Gasteiger charge is 2.19. The number of rotatable bonds is 3. The molecule has 2 rings (SSSR count). The summed E-state index contributed by atoms with van der Waals surface area (Å²) in [6, 6.07) is 7.38. The van der Waals surface area contributed by atoms with Crippen LogP contribution in [0.4, 0.5) is 11.5 Å². The van der Waals surface area contributed by atoms with Crippen LogP contribution in [-0.4, -0.2) is 21.0 Å². The van der Waals surface area contributed by atoms with Crippen LogP contribution in [0.5, 0.6) is 0 Å². The van der Waals surface area contributed by atoms with Gasteiger partial charge in [0.2, 0.25) is 0 Å². The predicted molar refractivity (Wildman–Crippen MR) is 64.4 cm³/mol. The average Bonchev–Trinajstić information content (AvgIpc) is 2.74. The molecule has 18 heavy (non-hydrogen) atoms. The van der Waals surface area contributed by atoms with Gasteiger partial charge in [-0.25, -0.2) is 0 Å². The number of H-pyrrole nitrogens is 1. The summed E-state index contributed by atoms with van der Waals surface area (Å²) in [5.41, 5.74) is 0.554. The lowest BCUT2D eigenvalue weighted by atomic mass is 10.1. The summed E-state index contributed by atoms with van der Waals surface area (Å²) in [6.45, 7) is 1.79. The molecule has 0 unspecified atom stereocenters. The predicted octanol–water partition coefficient (Wildman–Crippen LogP) is 1.88. The number of nitrogens with zero attached hydrogens (tertiary/aromatic N) is 2. The van der Waals surface area contributed by atoms with Gasteiger partial charge in [0, 0.05) is 17.8 Å². The van der Waals surface area contributed by atoms with Crippen LogP contribution in [0.15, 0.2) is 30.3 Å². The molecular weight excluding hydrogens is 236 g/mol. The molecule has 1 aromatic carbocycles. The summed E-state index contributed by atoms with van der Waals surface area (Å²) in [4.78, 5) is 22.1. The Bertz CT molecular complexity index is 606. The van der Waals surface area contributed by atoms with Gasteiger partial charge in [-0.15, -0.1) is 0 Å². The van der Waals surface area contributed by atoms with Crippen LogP contribution in [0.1, 0.15) is 16.1 Å². The van der Waals surface area contributed by atoms with Gasteiger partial charge in [0.25, 0.3) is 11.6 Å². The van der Waals surface area contributed by atoms with Gasteiger partial charge < -0.3 is 5.32 Å². The van der Waals surface area contributed by atoms with Crippen molar-refractivity contribution in [1.82, 2.24) is 10.2 Å². The van der Waals surface area contributed by atoms with Crippen molar-refractivity contribution in [3.63, 3.8) is 0 Å². The molecule has 0 aliphatic rings. The molecule has 0 radical (unpaired) electrons. The van der Waals surface area contributed by atoms with Crippen LogP contribution < -0.4 is 5.32 Å². The number of amides is 1. The molecule has 0 saturated heterocycles. The van der Waals surface area contributed by atoms with Gasteiger partial charge in [-0.3, -0.25) is 20.0 Å². The van der Waals surface area contributed by atoms with Gasteiger partial charge in [0.15, 0.2) is 5.82 Å². The van der Waals surface area contributed by atoms with Gasteiger partial charge >= 0.3 is 0 Å². The lowest BCUT2D eigenvalue weighted by Crippen LogP contribution is -2.14. The monoisotopic (exact) mass is 246 g/mol. The number of nitrogens with one attached hydrogen (secondary N) is 2. The van der Waals surface area contributed by atoms with E-state index in [1.165, 1.54) is 18.2 Å². The Balaban J connectivity index is 2.26. The minimum absolute atomic E-state index is 0.00292. The second-order valence-corrected chi connectivity index (χ2v) is 3.66. The fraction of sp³-hybridized carbons (Fsp3) is 0.0909. The van der Waals surface area contributed by atoms with E-state index < -0.39 is 10.8 Å². The van der Waals surface area contributed by atoms with E-state index in [0.717, 1.165) is 5.69 Å². The lowest BCUT2D eigenvalue weighted by Gasteiger charge is -2.02. The Hall–Kier alpha value is -2.70. The first-order valence-electron chi connectivity index (χ1n) is 5.14. The Kier molecular flexibility index (Phi) is 3.05. The number of aromatic nitrogens is 2. The molecule has 7 nitrogen and oxygen atoms in total. The van der Waals surface area contributed by atoms with E-state index in [1.807, 2.05) is 0 Å². The van der Waals surface area contributed by atoms with Crippen LogP contribution in [0, 0.1) is 17.0 Å². The van der Waals surface area contributed by atoms with Crippen molar-refractivity contribution in [2.75, 3.05) is 5.32 Å². The lowest BCUT2D eigenvalue weighted by molar-refractivity contribution is -0.385. The van der Waals surface area contributed by atoms with E-state index in [2.05, 4.69) is 15.5 Å². The van der Waals surface area contributed by atoms with Crippen LogP contribution >= 0.6 is 0 Å². The highest BCUT2D eigenvalue weighted by molar-refractivity contribution is 6.06. The third kappa shape index (κ3) is 2.34. The van der Waals surface area contributed by atoms with Gasteiger partial charge in [0.1, 0.15) is 5.56 Å². The normalized spacial score (nSPS) is 10.1. The molecule has 1 aromatic heterocycles. The topological polar surface area (TPSA) is 101 Å². The highest BCUT2D eigenvalue weighted by Crippen LogP contribution is 2.18. The summed E-state index contributed by atoms with van der Waals surface area (Å²) < 4.78 is 0. The Morgan fingerprint density at radius 3 is 2.78 bits per heavy atom. The SMILES string of the molecule is Cc1cc(NC(=O)c2ccccc2[N+](=O)[O-])n[nH]1. The fourth-order valence-electron chi connectivity index (χ4n) is 1.49. The molecule has 92 valence electrons. The molecule has 0 aliphatic heterocycles. The fourth-order valence-corrected chi connectivity index (χ4v) is 1.49.